The molecular formula is C92H92BBr7N6O17. The molecule has 1 saturated heterocycles. The second-order valence-corrected chi connectivity index (χ2v) is 33.8. The molecule has 23 nitrogen and oxygen atoms in total. The predicted octanol–water partition coefficient (Wildman–Crippen LogP) is 24.4. The molecule has 5 aromatic heterocycles. The van der Waals surface area contributed by atoms with E-state index in [1.54, 1.807) is 82.5 Å². The Hall–Kier alpha value is -9.90. The minimum absolute atomic E-state index is 0. The molecule has 1 fully saturated rings. The van der Waals surface area contributed by atoms with Gasteiger partial charge < -0.3 is 61.2 Å². The molecule has 31 heteroatoms. The van der Waals surface area contributed by atoms with E-state index < -0.39 is 17.7 Å². The van der Waals surface area contributed by atoms with Gasteiger partial charge >= 0.3 is 19.1 Å². The first-order chi connectivity index (χ1) is 58.1. The highest BCUT2D eigenvalue weighted by Crippen LogP contribution is 2.37. The van der Waals surface area contributed by atoms with Gasteiger partial charge in [-0.15, -0.1) is 0 Å². The Morgan fingerprint density at radius 1 is 0.447 bits per heavy atom. The molecule has 644 valence electrons. The van der Waals surface area contributed by atoms with Crippen LogP contribution in [0.1, 0.15) is 122 Å². The third-order valence-corrected chi connectivity index (χ3v) is 21.1. The number of aliphatic hydroxyl groups is 2. The Labute approximate surface area is 774 Å². The molecule has 0 saturated carbocycles. The van der Waals surface area contributed by atoms with Crippen molar-refractivity contribution in [1.82, 2.24) is 30.7 Å². The second-order valence-electron chi connectivity index (χ2n) is 27.4. The Bertz CT molecular complexity index is 5520. The van der Waals surface area contributed by atoms with Crippen LogP contribution in [0.25, 0.3) is 62.4 Å². The fourth-order valence-electron chi connectivity index (χ4n) is 9.93. The third-order valence-electron chi connectivity index (χ3n) is 17.4. The van der Waals surface area contributed by atoms with Gasteiger partial charge in [0.05, 0.1) is 49.0 Å². The normalized spacial score (nSPS) is 12.1. The Kier molecular flexibility index (Phi) is 42.1. The smallest absolute Gasteiger partial charge is 0.494 e. The van der Waals surface area contributed by atoms with Gasteiger partial charge in [-0.25, -0.2) is 9.59 Å². The number of ether oxygens (including phenoxy) is 3. The standard InChI is InChI=1S/C16H20BNO3.C12H10BrNO3.C12H14BrNO.C12H11BrO4.C11H10BrNO2.C10H8BrNO2.C10H8BrNO.C8H7BrO.CH4/c1-11-10-14(19-18-11)12-6-8-13(9-7-12)17-20-15(2,3)16(4,5)21-17;1-2-16-12(15)10-7-11(17-14-10)8-3-5-9(13)6-4-8;1-9(14(2)3)8-12(15)10-4-6-11(13)7-5-10;1-2-17-12(16)11(15)7-10(14)8-3-5-9(13)6-4-8;1-14-7-10-6-11(15-13-10)8-2-4-9(12)5-3-8;11-8-3-1-7(2-4-8)10-5-9(6-13)12-14-10;1-7-6-10(13-12-7)8-2-4-9(11)5-3-8;1-6(10)7-2-4-8(9)5-3-7;/h6-10H,1-5H3;3-7H,2H2,1H3;4-8H,1-3H3;3-7,14H,2H2,1H3;2-6H,7H2,1H3;1-5,13H,6H2;2-6H,1H3;2-5H,1H3;1H4/b;;9-8-;10-7-;;;;;. The van der Waals surface area contributed by atoms with Gasteiger partial charge in [0, 0.05) is 145 Å². The molecule has 1 aliphatic rings. The summed E-state index contributed by atoms with van der Waals surface area (Å²) < 4.78 is 59.1. The van der Waals surface area contributed by atoms with Crippen LogP contribution in [0.3, 0.4) is 0 Å². The highest BCUT2D eigenvalue weighted by atomic mass is 79.9. The number of Topliss-reactive ketones (excluding diaryl/α,β-unsaturated/α-hetero) is 1. The van der Waals surface area contributed by atoms with E-state index in [2.05, 4.69) is 170 Å². The van der Waals surface area contributed by atoms with Gasteiger partial charge in [0.1, 0.15) is 17.1 Å². The van der Waals surface area contributed by atoms with Gasteiger partial charge in [-0.2, -0.15) is 0 Å². The number of benzene rings is 8. The summed E-state index contributed by atoms with van der Waals surface area (Å²) in [4.78, 5) is 58.1. The van der Waals surface area contributed by atoms with Gasteiger partial charge in [-0.3, -0.25) is 14.4 Å². The van der Waals surface area contributed by atoms with Crippen LogP contribution in [0.5, 0.6) is 0 Å². The molecule has 0 spiro atoms. The molecule has 0 aliphatic carbocycles. The zero-order valence-electron chi connectivity index (χ0n) is 68.8. The molecular weight excluding hydrogens is 2030 g/mol. The first kappa shape index (κ1) is 102. The number of allylic oxidation sites excluding steroid dienone is 2. The van der Waals surface area contributed by atoms with E-state index in [9.17, 15) is 29.1 Å². The molecule has 0 amide bonds. The number of esters is 2. The first-order valence-electron chi connectivity index (χ1n) is 37.4. The lowest BCUT2D eigenvalue weighted by Crippen LogP contribution is -2.41. The van der Waals surface area contributed by atoms with Crippen molar-refractivity contribution < 1.29 is 80.3 Å². The molecule has 13 aromatic rings. The topological polar surface area (TPSA) is 305 Å². The number of ketones is 3. The number of aryl methyl sites for hydroxylation is 2. The van der Waals surface area contributed by atoms with Crippen LogP contribution >= 0.6 is 112 Å². The van der Waals surface area contributed by atoms with Crippen molar-refractivity contribution in [1.29, 1.82) is 0 Å². The van der Waals surface area contributed by atoms with Crippen LogP contribution in [0.15, 0.2) is 296 Å². The van der Waals surface area contributed by atoms with E-state index >= 15 is 0 Å². The van der Waals surface area contributed by atoms with Crippen molar-refractivity contribution in [3.05, 3.63) is 319 Å². The number of hydrogen-bond donors (Lipinski definition) is 2. The van der Waals surface area contributed by atoms with E-state index in [-0.39, 0.29) is 62.0 Å². The Morgan fingerprint density at radius 3 is 1.13 bits per heavy atom. The zero-order valence-corrected chi connectivity index (χ0v) is 79.9. The lowest BCUT2D eigenvalue weighted by molar-refractivity contribution is -0.151. The molecule has 8 aromatic carbocycles. The number of aliphatic hydroxyl groups excluding tert-OH is 2. The van der Waals surface area contributed by atoms with Crippen LogP contribution < -0.4 is 5.46 Å². The second kappa shape index (κ2) is 50.8. The van der Waals surface area contributed by atoms with E-state index in [0.717, 1.165) is 116 Å². The van der Waals surface area contributed by atoms with E-state index in [4.69, 9.17) is 46.5 Å². The maximum absolute atomic E-state index is 11.8. The number of hydrogen-bond acceptors (Lipinski definition) is 23. The van der Waals surface area contributed by atoms with Gasteiger partial charge in [0.2, 0.25) is 0 Å². The van der Waals surface area contributed by atoms with Crippen molar-refractivity contribution in [3.63, 3.8) is 0 Å². The summed E-state index contributed by atoms with van der Waals surface area (Å²) in [5.74, 6) is 1.09. The van der Waals surface area contributed by atoms with Gasteiger partial charge in [0.15, 0.2) is 46.1 Å². The molecule has 14 rings (SSSR count). The van der Waals surface area contributed by atoms with E-state index in [1.165, 1.54) is 0 Å². The molecule has 6 heterocycles. The summed E-state index contributed by atoms with van der Waals surface area (Å²) in [6.07, 6.45) is 2.49. The van der Waals surface area contributed by atoms with E-state index in [1.807, 2.05) is 216 Å². The van der Waals surface area contributed by atoms with Crippen molar-refractivity contribution in [2.24, 2.45) is 0 Å². The summed E-state index contributed by atoms with van der Waals surface area (Å²) in [7, 11) is 5.13. The van der Waals surface area contributed by atoms with Crippen LogP contribution in [0.2, 0.25) is 0 Å². The summed E-state index contributed by atoms with van der Waals surface area (Å²) in [5, 5.41) is 37.4. The van der Waals surface area contributed by atoms with Crippen LogP contribution in [0.4, 0.5) is 0 Å². The molecule has 2 N–H and O–H groups in total. The fraction of sp³-hybridized carbons (Fsp3) is 0.217. The molecule has 0 unspecified atom stereocenters. The summed E-state index contributed by atoms with van der Waals surface area (Å²) in [5.41, 5.74) is 11.4. The Balaban J connectivity index is 0.000000219. The maximum atomic E-state index is 11.8. The average molecular weight is 2120 g/mol. The molecule has 0 radical (unpaired) electrons. The number of aromatic nitrogens is 5. The fourth-order valence-corrected chi connectivity index (χ4v) is 11.8. The van der Waals surface area contributed by atoms with Crippen molar-refractivity contribution in [2.45, 2.75) is 101 Å². The number of nitrogens with zero attached hydrogens (tertiary/aromatic N) is 6. The van der Waals surface area contributed by atoms with Crippen molar-refractivity contribution in [2.75, 3.05) is 34.4 Å². The van der Waals surface area contributed by atoms with Gasteiger partial charge in [-0.05, 0) is 172 Å². The molecule has 0 atom stereocenters. The summed E-state index contributed by atoms with van der Waals surface area (Å²) in [6, 6.07) is 69.4. The lowest BCUT2D eigenvalue weighted by atomic mass is 9.79. The van der Waals surface area contributed by atoms with Crippen molar-refractivity contribution in [3.8, 4) is 56.6 Å². The number of halogens is 7. The minimum Gasteiger partial charge on any atom is -0.507 e. The lowest BCUT2D eigenvalue weighted by Gasteiger charge is -2.32. The van der Waals surface area contributed by atoms with Gasteiger partial charge in [-0.1, -0.05) is 242 Å². The molecule has 123 heavy (non-hydrogen) atoms. The zero-order chi connectivity index (χ0) is 89.2. The van der Waals surface area contributed by atoms with Crippen LogP contribution in [-0.4, -0.2) is 123 Å². The molecule has 0 bridgehead atoms. The first-order valence-corrected chi connectivity index (χ1v) is 42.9. The number of carbonyl (C=O) groups excluding carboxylic acids is 5. The minimum atomic E-state index is -0.976. The van der Waals surface area contributed by atoms with Gasteiger partial charge in [0.25, 0.3) is 5.78 Å². The number of rotatable bonds is 19. The maximum Gasteiger partial charge on any atom is 0.494 e. The highest BCUT2D eigenvalue weighted by molar-refractivity contribution is 9.11. The quantitative estimate of drug-likeness (QED) is 0.0190. The Morgan fingerprint density at radius 2 is 0.780 bits per heavy atom. The number of carbonyl (C=O) groups is 5. The highest BCUT2D eigenvalue weighted by Gasteiger charge is 2.51. The van der Waals surface area contributed by atoms with Crippen molar-refractivity contribution >= 4 is 159 Å². The molecule has 1 aliphatic heterocycles. The van der Waals surface area contributed by atoms with E-state index in [0.29, 0.717) is 41.6 Å². The third kappa shape index (κ3) is 33.6. The number of methoxy groups -OCH3 is 1. The summed E-state index contributed by atoms with van der Waals surface area (Å²) >= 11 is 23.3. The van der Waals surface area contributed by atoms with Crippen LogP contribution in [-0.2, 0) is 46.3 Å². The van der Waals surface area contributed by atoms with Crippen LogP contribution in [0, 0.1) is 13.8 Å². The predicted molar refractivity (Wildman–Crippen MR) is 501 cm³/mol. The monoisotopic (exact) mass is 2120 g/mol. The average Bonchev–Trinajstić information content (AvgIpc) is 1.62. The SMILES string of the molecule is C.C/C(=C/C(=O)c1ccc(Br)cc1)N(C)C.CC(=O)c1ccc(Br)cc1.CCOC(=O)C(=O)/C=C(\O)c1ccc(Br)cc1.CCOC(=O)c1cc(-c2ccc(Br)cc2)on1.COCc1cc(-c2ccc(Br)cc2)on1.Cc1cc(-c2ccc(B3OC(C)(C)C(C)(C)O3)cc2)on1.Cc1cc(-c2ccc(Br)cc2)on1.OCc1cc(-c2ccc(Br)cc2)on1. The largest absolute Gasteiger partial charge is 0.507 e. The summed E-state index contributed by atoms with van der Waals surface area (Å²) in [6.45, 7) is 19.7.